The van der Waals surface area contributed by atoms with Gasteiger partial charge in [0.15, 0.2) is 6.10 Å². The van der Waals surface area contributed by atoms with Gasteiger partial charge in [-0.2, -0.15) is 0 Å². The summed E-state index contributed by atoms with van der Waals surface area (Å²) in [7, 11) is -2.72. The maximum atomic E-state index is 12.4. The largest absolute Gasteiger partial charge is 0.496 e. The number of halogens is 1. The summed E-state index contributed by atoms with van der Waals surface area (Å²) in [5.74, 6) is -1.45. The number of nitrogens with two attached hydrogens (primary N) is 1. The molecule has 0 aliphatic heterocycles. The van der Waals surface area contributed by atoms with Crippen molar-refractivity contribution in [3.63, 3.8) is 0 Å². The van der Waals surface area contributed by atoms with Crippen molar-refractivity contribution in [2.75, 3.05) is 12.4 Å². The summed E-state index contributed by atoms with van der Waals surface area (Å²) in [4.78, 5) is 24.3. The second-order valence-electron chi connectivity index (χ2n) is 5.45. The summed E-state index contributed by atoms with van der Waals surface area (Å²) in [6.07, 6.45) is -1.17. The fourth-order valence-electron chi connectivity index (χ4n) is 2.11. The Morgan fingerprint density at radius 2 is 1.89 bits per heavy atom. The molecular formula is C17H17ClN2O6S. The smallest absolute Gasteiger partial charge is 0.342 e. The van der Waals surface area contributed by atoms with Gasteiger partial charge in [-0.1, -0.05) is 17.7 Å². The Bertz CT molecular complexity index is 977. The van der Waals surface area contributed by atoms with Gasteiger partial charge in [0.1, 0.15) is 11.3 Å². The van der Waals surface area contributed by atoms with Crippen molar-refractivity contribution < 1.29 is 27.5 Å². The highest BCUT2D eigenvalue weighted by atomic mass is 35.5. The summed E-state index contributed by atoms with van der Waals surface area (Å²) in [5, 5.41) is 8.06. The number of benzene rings is 2. The van der Waals surface area contributed by atoms with Crippen molar-refractivity contribution in [1.29, 1.82) is 0 Å². The first-order valence-electron chi connectivity index (χ1n) is 7.60. The van der Waals surface area contributed by atoms with Crippen LogP contribution in [0.3, 0.4) is 0 Å². The van der Waals surface area contributed by atoms with E-state index < -0.39 is 28.0 Å². The molecule has 10 heteroatoms. The van der Waals surface area contributed by atoms with Gasteiger partial charge < -0.3 is 14.8 Å². The van der Waals surface area contributed by atoms with Crippen LogP contribution in [0.5, 0.6) is 5.75 Å². The van der Waals surface area contributed by atoms with E-state index in [1.807, 2.05) is 0 Å². The normalized spacial score (nSPS) is 12.1. The number of sulfonamides is 1. The van der Waals surface area contributed by atoms with E-state index in [-0.39, 0.29) is 16.2 Å². The molecule has 0 saturated heterocycles. The predicted molar refractivity (Wildman–Crippen MR) is 99.3 cm³/mol. The number of carbonyl (C=O) groups is 2. The van der Waals surface area contributed by atoms with Gasteiger partial charge >= 0.3 is 5.97 Å². The Labute approximate surface area is 161 Å². The number of rotatable bonds is 6. The Kier molecular flexibility index (Phi) is 6.42. The molecule has 27 heavy (non-hydrogen) atoms. The van der Waals surface area contributed by atoms with Gasteiger partial charge in [0.2, 0.25) is 10.0 Å². The van der Waals surface area contributed by atoms with Crippen molar-refractivity contribution in [1.82, 2.24) is 0 Å². The van der Waals surface area contributed by atoms with Crippen molar-refractivity contribution in [2.45, 2.75) is 17.9 Å². The maximum Gasteiger partial charge on any atom is 0.342 e. The number of hydrogen-bond donors (Lipinski definition) is 2. The van der Waals surface area contributed by atoms with E-state index in [4.69, 9.17) is 26.2 Å². The molecule has 3 N–H and O–H groups in total. The third-order valence-corrected chi connectivity index (χ3v) is 4.61. The molecule has 0 heterocycles. The summed E-state index contributed by atoms with van der Waals surface area (Å²) < 4.78 is 33.1. The highest BCUT2D eigenvalue weighted by molar-refractivity contribution is 7.89. The predicted octanol–water partition coefficient (Wildman–Crippen LogP) is 2.18. The zero-order valence-electron chi connectivity index (χ0n) is 14.4. The lowest BCUT2D eigenvalue weighted by atomic mass is 10.2. The lowest BCUT2D eigenvalue weighted by molar-refractivity contribution is -0.123. The summed E-state index contributed by atoms with van der Waals surface area (Å²) in [5.41, 5.74) is 0.260. The van der Waals surface area contributed by atoms with Gasteiger partial charge in [-0.3, -0.25) is 4.79 Å². The van der Waals surface area contributed by atoms with Crippen LogP contribution in [0.25, 0.3) is 0 Å². The van der Waals surface area contributed by atoms with Crippen LogP contribution < -0.4 is 15.2 Å². The molecular weight excluding hydrogens is 396 g/mol. The van der Waals surface area contributed by atoms with Crippen LogP contribution in [-0.2, 0) is 19.6 Å². The third kappa shape index (κ3) is 5.43. The van der Waals surface area contributed by atoms with E-state index in [1.165, 1.54) is 32.2 Å². The molecule has 0 aliphatic carbocycles. The maximum absolute atomic E-state index is 12.4. The third-order valence-electron chi connectivity index (χ3n) is 3.46. The zero-order valence-corrected chi connectivity index (χ0v) is 16.0. The first-order valence-corrected chi connectivity index (χ1v) is 9.52. The molecule has 0 spiro atoms. The van der Waals surface area contributed by atoms with Crippen molar-refractivity contribution in [2.24, 2.45) is 5.14 Å². The summed E-state index contributed by atoms with van der Waals surface area (Å²) in [6, 6.07) is 9.94. The molecule has 0 aromatic heterocycles. The lowest BCUT2D eigenvalue weighted by Crippen LogP contribution is -2.30. The minimum atomic E-state index is -4.03. The molecule has 1 atom stereocenters. The number of amides is 1. The number of esters is 1. The number of methoxy groups -OCH3 is 1. The van der Waals surface area contributed by atoms with E-state index in [9.17, 15) is 18.0 Å². The lowest BCUT2D eigenvalue weighted by Gasteiger charge is -2.15. The van der Waals surface area contributed by atoms with Crippen LogP contribution >= 0.6 is 11.6 Å². The molecule has 8 nitrogen and oxygen atoms in total. The fourth-order valence-corrected chi connectivity index (χ4v) is 2.84. The second-order valence-corrected chi connectivity index (χ2v) is 7.45. The van der Waals surface area contributed by atoms with Gasteiger partial charge in [0.05, 0.1) is 12.0 Å². The number of primary sulfonamides is 1. The van der Waals surface area contributed by atoms with E-state index in [0.717, 1.165) is 6.07 Å². The highest BCUT2D eigenvalue weighted by Crippen LogP contribution is 2.23. The van der Waals surface area contributed by atoms with Crippen LogP contribution in [0.15, 0.2) is 47.4 Å². The topological polar surface area (TPSA) is 125 Å². The summed E-state index contributed by atoms with van der Waals surface area (Å²) >= 11 is 5.85. The minimum Gasteiger partial charge on any atom is -0.496 e. The first kappa shape index (κ1) is 20.7. The quantitative estimate of drug-likeness (QED) is 0.700. The Hall–Kier alpha value is -2.62. The Morgan fingerprint density at radius 1 is 1.19 bits per heavy atom. The molecule has 0 unspecified atom stereocenters. The average Bonchev–Trinajstić information content (AvgIpc) is 2.60. The highest BCUT2D eigenvalue weighted by Gasteiger charge is 2.23. The Balaban J connectivity index is 2.17. The van der Waals surface area contributed by atoms with E-state index in [1.54, 1.807) is 18.2 Å². The van der Waals surface area contributed by atoms with Crippen LogP contribution in [0.2, 0.25) is 5.02 Å². The molecule has 0 radical (unpaired) electrons. The Morgan fingerprint density at radius 3 is 2.48 bits per heavy atom. The minimum absolute atomic E-state index is 0.0786. The van der Waals surface area contributed by atoms with Crippen LogP contribution in [0, 0.1) is 0 Å². The number of ether oxygens (including phenoxy) is 2. The SMILES string of the molecule is COc1ccc(S(N)(=O)=O)cc1C(=O)O[C@H](C)C(=O)Nc1cccc(Cl)c1. The van der Waals surface area contributed by atoms with Gasteiger partial charge in [-0.05, 0) is 43.3 Å². The van der Waals surface area contributed by atoms with Crippen LogP contribution in [0.4, 0.5) is 5.69 Å². The van der Waals surface area contributed by atoms with Crippen molar-refractivity contribution >= 4 is 39.2 Å². The van der Waals surface area contributed by atoms with Gasteiger partial charge in [-0.25, -0.2) is 18.4 Å². The van der Waals surface area contributed by atoms with Crippen LogP contribution in [0.1, 0.15) is 17.3 Å². The number of anilines is 1. The molecule has 0 aliphatic rings. The standard InChI is InChI=1S/C17H17ClN2O6S/c1-10(16(21)20-12-5-3-4-11(18)8-12)26-17(22)14-9-13(27(19,23)24)6-7-15(14)25-2/h3-10H,1-2H3,(H,20,21)(H2,19,23,24)/t10-/m1/s1. The van der Waals surface area contributed by atoms with Gasteiger partial charge in [0, 0.05) is 10.7 Å². The molecule has 2 rings (SSSR count). The number of hydrogen-bond acceptors (Lipinski definition) is 6. The monoisotopic (exact) mass is 412 g/mol. The molecule has 144 valence electrons. The van der Waals surface area contributed by atoms with Crippen molar-refractivity contribution in [3.8, 4) is 5.75 Å². The molecule has 1 amide bonds. The van der Waals surface area contributed by atoms with Gasteiger partial charge in [0.25, 0.3) is 5.91 Å². The van der Waals surface area contributed by atoms with Crippen molar-refractivity contribution in [3.05, 3.63) is 53.1 Å². The molecule has 0 fully saturated rings. The molecule has 2 aromatic rings. The van der Waals surface area contributed by atoms with E-state index in [2.05, 4.69) is 5.32 Å². The molecule has 0 bridgehead atoms. The summed E-state index contributed by atoms with van der Waals surface area (Å²) in [6.45, 7) is 1.37. The van der Waals surface area contributed by atoms with Crippen LogP contribution in [-0.4, -0.2) is 33.5 Å². The molecule has 2 aromatic carbocycles. The molecule has 0 saturated carbocycles. The second kappa shape index (κ2) is 8.38. The van der Waals surface area contributed by atoms with E-state index in [0.29, 0.717) is 10.7 Å². The average molecular weight is 413 g/mol. The zero-order chi connectivity index (χ0) is 20.2. The van der Waals surface area contributed by atoms with E-state index >= 15 is 0 Å². The van der Waals surface area contributed by atoms with Gasteiger partial charge in [-0.15, -0.1) is 0 Å². The fraction of sp³-hybridized carbons (Fsp3) is 0.176. The number of nitrogens with one attached hydrogen (secondary N) is 1. The number of carbonyl (C=O) groups excluding carboxylic acids is 2. The first-order chi connectivity index (χ1) is 12.6.